The van der Waals surface area contributed by atoms with Crippen LogP contribution in [0.1, 0.15) is 22.9 Å². The van der Waals surface area contributed by atoms with Crippen LogP contribution in [-0.2, 0) is 16.1 Å². The van der Waals surface area contributed by atoms with Crippen molar-refractivity contribution in [3.8, 4) is 5.75 Å². The molecular formula is C23H18ClN3O4. The largest absolute Gasteiger partial charge is 0.507 e. The molecule has 2 aromatic heterocycles. The van der Waals surface area contributed by atoms with Crippen LogP contribution >= 0.6 is 11.6 Å². The Kier molecular flexibility index (Phi) is 5.68. The smallest absolute Gasteiger partial charge is 0.296 e. The number of aromatic nitrogens is 2. The van der Waals surface area contributed by atoms with Gasteiger partial charge in [-0.25, -0.2) is 0 Å². The summed E-state index contributed by atoms with van der Waals surface area (Å²) in [5, 5.41) is 11.3. The first kappa shape index (κ1) is 20.6. The van der Waals surface area contributed by atoms with Gasteiger partial charge in [0.25, 0.3) is 11.7 Å². The average molecular weight is 436 g/mol. The number of aliphatic hydroxyl groups is 1. The third kappa shape index (κ3) is 3.87. The van der Waals surface area contributed by atoms with Crippen molar-refractivity contribution < 1.29 is 19.4 Å². The van der Waals surface area contributed by atoms with Crippen LogP contribution in [0, 0.1) is 0 Å². The number of ketones is 1. The van der Waals surface area contributed by atoms with Crippen molar-refractivity contribution in [2.24, 2.45) is 0 Å². The van der Waals surface area contributed by atoms with Crippen LogP contribution in [-0.4, -0.2) is 38.8 Å². The fraction of sp³-hybridized carbons (Fsp3) is 0.130. The molecule has 0 bridgehead atoms. The van der Waals surface area contributed by atoms with Gasteiger partial charge in [-0.3, -0.25) is 19.6 Å². The number of halogens is 1. The standard InChI is InChI=1S/C23H18ClN3O4/c1-31-18-6-5-15(12-16(18)24)21(28)19-20(17-4-2-3-9-26-17)27(23(30)22(19)29)13-14-7-10-25-11-8-14/h2-12,20,28H,13H2,1H3/b21-19-. The number of hydrogen-bond donors (Lipinski definition) is 1. The molecule has 31 heavy (non-hydrogen) atoms. The van der Waals surface area contributed by atoms with Crippen molar-refractivity contribution in [2.75, 3.05) is 7.11 Å². The number of likely N-dealkylation sites (tertiary alicyclic amines) is 1. The predicted octanol–water partition coefficient (Wildman–Crippen LogP) is 3.76. The summed E-state index contributed by atoms with van der Waals surface area (Å²) in [7, 11) is 1.48. The molecule has 1 saturated heterocycles. The molecule has 1 aliphatic rings. The van der Waals surface area contributed by atoms with Crippen molar-refractivity contribution in [3.63, 3.8) is 0 Å². The third-order valence-corrected chi connectivity index (χ3v) is 5.33. The molecule has 8 heteroatoms. The van der Waals surface area contributed by atoms with Gasteiger partial charge in [-0.1, -0.05) is 17.7 Å². The topological polar surface area (TPSA) is 92.6 Å². The monoisotopic (exact) mass is 435 g/mol. The molecule has 1 N–H and O–H groups in total. The number of carbonyl (C=O) groups excluding carboxylic acids is 2. The van der Waals surface area contributed by atoms with E-state index in [4.69, 9.17) is 16.3 Å². The maximum Gasteiger partial charge on any atom is 0.296 e. The fourth-order valence-corrected chi connectivity index (χ4v) is 3.80. The SMILES string of the molecule is COc1ccc(/C(O)=C2/C(=O)C(=O)N(Cc3ccncc3)C2c2ccccn2)cc1Cl. The summed E-state index contributed by atoms with van der Waals surface area (Å²) in [4.78, 5) is 35.7. The molecule has 7 nitrogen and oxygen atoms in total. The highest BCUT2D eigenvalue weighted by Gasteiger charge is 2.46. The Balaban J connectivity index is 1.85. The Morgan fingerprint density at radius 1 is 1.13 bits per heavy atom. The predicted molar refractivity (Wildman–Crippen MR) is 114 cm³/mol. The Bertz CT molecular complexity index is 1170. The van der Waals surface area contributed by atoms with Gasteiger partial charge in [0.2, 0.25) is 0 Å². The van der Waals surface area contributed by atoms with Crippen LogP contribution in [0.5, 0.6) is 5.75 Å². The summed E-state index contributed by atoms with van der Waals surface area (Å²) in [6, 6.07) is 12.5. The number of methoxy groups -OCH3 is 1. The lowest BCUT2D eigenvalue weighted by molar-refractivity contribution is -0.140. The number of ether oxygens (including phenoxy) is 1. The maximum atomic E-state index is 13.0. The quantitative estimate of drug-likeness (QED) is 0.372. The number of pyridine rings is 2. The molecule has 1 atom stereocenters. The molecule has 1 aliphatic heterocycles. The lowest BCUT2D eigenvalue weighted by Crippen LogP contribution is -2.29. The van der Waals surface area contributed by atoms with Gasteiger partial charge in [-0.2, -0.15) is 0 Å². The second-order valence-corrected chi connectivity index (χ2v) is 7.29. The third-order valence-electron chi connectivity index (χ3n) is 5.04. The molecule has 1 aromatic carbocycles. The lowest BCUT2D eigenvalue weighted by atomic mass is 9.98. The van der Waals surface area contributed by atoms with Gasteiger partial charge in [-0.15, -0.1) is 0 Å². The highest BCUT2D eigenvalue weighted by atomic mass is 35.5. The summed E-state index contributed by atoms with van der Waals surface area (Å²) in [6.45, 7) is 0.161. The first-order valence-electron chi connectivity index (χ1n) is 9.43. The van der Waals surface area contributed by atoms with Gasteiger partial charge in [0.05, 0.1) is 23.4 Å². The van der Waals surface area contributed by atoms with Gasteiger partial charge in [0, 0.05) is 30.7 Å². The molecule has 4 rings (SSSR count). The van der Waals surface area contributed by atoms with Crippen molar-refractivity contribution in [1.82, 2.24) is 14.9 Å². The Labute approximate surface area is 183 Å². The van der Waals surface area contributed by atoms with Crippen molar-refractivity contribution in [2.45, 2.75) is 12.6 Å². The molecule has 0 aliphatic carbocycles. The fourth-order valence-electron chi connectivity index (χ4n) is 3.54. The van der Waals surface area contributed by atoms with E-state index in [9.17, 15) is 14.7 Å². The highest BCUT2D eigenvalue weighted by molar-refractivity contribution is 6.46. The Hall–Kier alpha value is -3.71. The molecule has 1 fully saturated rings. The summed E-state index contributed by atoms with van der Waals surface area (Å²) in [5.41, 5.74) is 1.52. The molecule has 1 unspecified atom stereocenters. The van der Waals surface area contributed by atoms with Crippen LogP contribution in [0.4, 0.5) is 0 Å². The van der Waals surface area contributed by atoms with Crippen molar-refractivity contribution in [1.29, 1.82) is 0 Å². The summed E-state index contributed by atoms with van der Waals surface area (Å²) in [5.74, 6) is -1.39. The molecule has 156 valence electrons. The van der Waals surface area contributed by atoms with E-state index < -0.39 is 17.7 Å². The minimum atomic E-state index is -0.852. The van der Waals surface area contributed by atoms with Crippen LogP contribution in [0.15, 0.2) is 72.7 Å². The zero-order valence-corrected chi connectivity index (χ0v) is 17.3. The molecule has 1 amide bonds. The first-order chi connectivity index (χ1) is 15.0. The van der Waals surface area contributed by atoms with Gasteiger partial charge in [0.15, 0.2) is 0 Å². The Morgan fingerprint density at radius 3 is 2.55 bits per heavy atom. The zero-order chi connectivity index (χ0) is 22.0. The number of benzene rings is 1. The first-order valence-corrected chi connectivity index (χ1v) is 9.81. The second kappa shape index (κ2) is 8.57. The van der Waals surface area contributed by atoms with Crippen molar-refractivity contribution in [3.05, 3.63) is 94.5 Å². The van der Waals surface area contributed by atoms with E-state index in [1.54, 1.807) is 61.1 Å². The van der Waals surface area contributed by atoms with Gasteiger partial charge in [-0.05, 0) is 48.0 Å². The van der Waals surface area contributed by atoms with E-state index in [0.717, 1.165) is 5.56 Å². The number of aliphatic hydroxyl groups excluding tert-OH is 1. The number of rotatable bonds is 5. The van der Waals surface area contributed by atoms with Gasteiger partial charge < -0.3 is 14.7 Å². The summed E-state index contributed by atoms with van der Waals surface area (Å²) in [6.07, 6.45) is 4.80. The number of carbonyl (C=O) groups is 2. The zero-order valence-electron chi connectivity index (χ0n) is 16.5. The van der Waals surface area contributed by atoms with Crippen LogP contribution in [0.3, 0.4) is 0 Å². The molecule has 0 saturated carbocycles. The van der Waals surface area contributed by atoms with Gasteiger partial charge in [0.1, 0.15) is 17.6 Å². The van der Waals surface area contributed by atoms with Crippen molar-refractivity contribution >= 4 is 29.1 Å². The van der Waals surface area contributed by atoms with E-state index in [2.05, 4.69) is 9.97 Å². The number of nitrogens with zero attached hydrogens (tertiary/aromatic N) is 3. The minimum Gasteiger partial charge on any atom is -0.507 e. The number of amides is 1. The van der Waals surface area contributed by atoms with Crippen LogP contribution in [0.2, 0.25) is 5.02 Å². The summed E-state index contributed by atoms with van der Waals surface area (Å²) >= 11 is 6.20. The number of hydrogen-bond acceptors (Lipinski definition) is 6. The van der Waals surface area contributed by atoms with Crippen LogP contribution in [0.25, 0.3) is 5.76 Å². The summed E-state index contributed by atoms with van der Waals surface area (Å²) < 4.78 is 5.14. The second-order valence-electron chi connectivity index (χ2n) is 6.89. The molecule has 3 aromatic rings. The van der Waals surface area contributed by atoms with Gasteiger partial charge >= 0.3 is 0 Å². The Morgan fingerprint density at radius 2 is 1.90 bits per heavy atom. The molecule has 0 spiro atoms. The van der Waals surface area contributed by atoms with E-state index in [0.29, 0.717) is 17.0 Å². The van der Waals surface area contributed by atoms with Crippen LogP contribution < -0.4 is 4.74 Å². The normalized spacial score (nSPS) is 17.7. The molecular weight excluding hydrogens is 418 g/mol. The molecule has 3 heterocycles. The highest BCUT2D eigenvalue weighted by Crippen LogP contribution is 2.40. The van der Waals surface area contributed by atoms with E-state index in [-0.39, 0.29) is 22.9 Å². The van der Waals surface area contributed by atoms with E-state index in [1.807, 2.05) is 0 Å². The van der Waals surface area contributed by atoms with E-state index in [1.165, 1.54) is 18.1 Å². The maximum absolute atomic E-state index is 13.0. The number of Topliss-reactive ketones (excluding diaryl/α,β-unsaturated/α-hetero) is 1. The molecule has 0 radical (unpaired) electrons. The minimum absolute atomic E-state index is 0.0426. The lowest BCUT2D eigenvalue weighted by Gasteiger charge is -2.24. The van der Waals surface area contributed by atoms with E-state index >= 15 is 0 Å². The average Bonchev–Trinajstić information content (AvgIpc) is 3.04.